The first kappa shape index (κ1) is 17.7. The van der Waals surface area contributed by atoms with Gasteiger partial charge >= 0.3 is 0 Å². The quantitative estimate of drug-likeness (QED) is 0.601. The highest BCUT2D eigenvalue weighted by Gasteiger charge is 2.18. The molecule has 1 unspecified atom stereocenters. The SMILES string of the molecule is C=CCC(ONS(=O)(=O)c1ccc(C)cc1)c1ccc(Cl)cc1. The zero-order chi connectivity index (χ0) is 16.9. The van der Waals surface area contributed by atoms with Gasteiger partial charge in [0.1, 0.15) is 6.10 Å². The van der Waals surface area contributed by atoms with Crippen LogP contribution in [0.15, 0.2) is 66.1 Å². The van der Waals surface area contributed by atoms with Crippen molar-refractivity contribution in [2.75, 3.05) is 0 Å². The van der Waals surface area contributed by atoms with Crippen molar-refractivity contribution < 1.29 is 13.3 Å². The Labute approximate surface area is 141 Å². The van der Waals surface area contributed by atoms with Gasteiger partial charge in [-0.05, 0) is 43.2 Å². The molecule has 0 aliphatic rings. The second-order valence-electron chi connectivity index (χ2n) is 5.08. The molecule has 122 valence electrons. The van der Waals surface area contributed by atoms with Crippen molar-refractivity contribution in [3.05, 3.63) is 77.3 Å². The van der Waals surface area contributed by atoms with Crippen molar-refractivity contribution in [3.63, 3.8) is 0 Å². The lowest BCUT2D eigenvalue weighted by atomic mass is 10.1. The van der Waals surface area contributed by atoms with Crippen LogP contribution in [-0.4, -0.2) is 8.42 Å². The molecule has 1 N–H and O–H groups in total. The minimum absolute atomic E-state index is 0.150. The number of benzene rings is 2. The average Bonchev–Trinajstić information content (AvgIpc) is 2.53. The minimum atomic E-state index is -3.74. The molecule has 2 rings (SSSR count). The Balaban J connectivity index is 2.13. The molecular formula is C17H18ClNO3S. The third-order valence-electron chi connectivity index (χ3n) is 3.25. The van der Waals surface area contributed by atoms with Crippen LogP contribution in [0.2, 0.25) is 5.02 Å². The molecule has 0 bridgehead atoms. The molecule has 0 aromatic heterocycles. The monoisotopic (exact) mass is 351 g/mol. The molecule has 0 heterocycles. The van der Waals surface area contributed by atoms with Gasteiger partial charge in [0.05, 0.1) is 4.90 Å². The molecule has 0 aliphatic carbocycles. The van der Waals surface area contributed by atoms with E-state index < -0.39 is 16.1 Å². The lowest BCUT2D eigenvalue weighted by molar-refractivity contribution is 0.0181. The lowest BCUT2D eigenvalue weighted by Gasteiger charge is -2.17. The maximum absolute atomic E-state index is 12.3. The zero-order valence-electron chi connectivity index (χ0n) is 12.7. The number of sulfonamides is 1. The Kier molecular flexibility index (Phi) is 5.96. The molecule has 23 heavy (non-hydrogen) atoms. The summed E-state index contributed by atoms with van der Waals surface area (Å²) in [4.78, 5) is 7.74. The van der Waals surface area contributed by atoms with Crippen LogP contribution in [0.3, 0.4) is 0 Å². The van der Waals surface area contributed by atoms with Crippen molar-refractivity contribution in [3.8, 4) is 0 Å². The van der Waals surface area contributed by atoms with E-state index in [-0.39, 0.29) is 4.90 Å². The Morgan fingerprint density at radius 3 is 2.35 bits per heavy atom. The summed E-state index contributed by atoms with van der Waals surface area (Å²) in [5, 5.41) is 0.603. The van der Waals surface area contributed by atoms with Gasteiger partial charge in [0.15, 0.2) is 0 Å². The molecule has 0 saturated carbocycles. The van der Waals surface area contributed by atoms with E-state index in [9.17, 15) is 8.42 Å². The first-order valence-corrected chi connectivity index (χ1v) is 8.89. The van der Waals surface area contributed by atoms with E-state index in [0.717, 1.165) is 11.1 Å². The molecule has 4 nitrogen and oxygen atoms in total. The molecule has 2 aromatic carbocycles. The van der Waals surface area contributed by atoms with Crippen LogP contribution in [0.25, 0.3) is 0 Å². The smallest absolute Gasteiger partial charge is 0.262 e. The first-order chi connectivity index (χ1) is 10.9. The number of halogens is 1. The van der Waals surface area contributed by atoms with Gasteiger partial charge in [-0.2, -0.15) is 0 Å². The van der Waals surface area contributed by atoms with Crippen LogP contribution < -0.4 is 4.89 Å². The second-order valence-corrected chi connectivity index (χ2v) is 7.16. The van der Waals surface area contributed by atoms with Gasteiger partial charge < -0.3 is 0 Å². The van der Waals surface area contributed by atoms with E-state index in [1.54, 1.807) is 42.5 Å². The fourth-order valence-electron chi connectivity index (χ4n) is 1.97. The number of nitrogens with one attached hydrogen (secondary N) is 1. The summed E-state index contributed by atoms with van der Waals surface area (Å²) in [7, 11) is -3.74. The van der Waals surface area contributed by atoms with Crippen molar-refractivity contribution >= 4 is 21.6 Å². The largest absolute Gasteiger partial charge is 0.278 e. The van der Waals surface area contributed by atoms with Crippen molar-refractivity contribution in [2.45, 2.75) is 24.3 Å². The van der Waals surface area contributed by atoms with Crippen LogP contribution in [0, 0.1) is 6.92 Å². The summed E-state index contributed by atoms with van der Waals surface area (Å²) in [5.74, 6) is 0. The molecule has 0 fully saturated rings. The summed E-state index contributed by atoms with van der Waals surface area (Å²) in [6.45, 7) is 5.56. The Hall–Kier alpha value is -1.66. The van der Waals surface area contributed by atoms with Gasteiger partial charge in [0, 0.05) is 5.02 Å². The average molecular weight is 352 g/mol. The van der Waals surface area contributed by atoms with Gasteiger partial charge in [0.2, 0.25) is 0 Å². The fourth-order valence-corrected chi connectivity index (χ4v) is 2.93. The van der Waals surface area contributed by atoms with Crippen LogP contribution in [0.4, 0.5) is 0 Å². The second kappa shape index (κ2) is 7.75. The predicted octanol–water partition coefficient (Wildman–Crippen LogP) is 4.18. The van der Waals surface area contributed by atoms with Crippen LogP contribution in [0.1, 0.15) is 23.7 Å². The molecule has 0 amide bonds. The maximum Gasteiger partial charge on any atom is 0.262 e. The van der Waals surface area contributed by atoms with Gasteiger partial charge in [-0.25, -0.2) is 8.42 Å². The van der Waals surface area contributed by atoms with E-state index in [4.69, 9.17) is 16.4 Å². The number of rotatable bonds is 7. The summed E-state index contributed by atoms with van der Waals surface area (Å²) in [6, 6.07) is 13.6. The Morgan fingerprint density at radius 1 is 1.17 bits per heavy atom. The standard InChI is InChI=1S/C17H18ClNO3S/c1-3-4-17(14-7-9-15(18)10-8-14)22-19-23(20,21)16-11-5-13(2)6-12-16/h3,5-12,17,19H,1,4H2,2H3. The van der Waals surface area contributed by atoms with Crippen LogP contribution in [-0.2, 0) is 14.9 Å². The molecule has 0 saturated heterocycles. The molecule has 0 radical (unpaired) electrons. The third kappa shape index (κ3) is 4.91. The summed E-state index contributed by atoms with van der Waals surface area (Å²) < 4.78 is 24.5. The zero-order valence-corrected chi connectivity index (χ0v) is 14.3. The van der Waals surface area contributed by atoms with Crippen molar-refractivity contribution in [1.82, 2.24) is 4.89 Å². The van der Waals surface area contributed by atoms with E-state index in [1.165, 1.54) is 12.1 Å². The van der Waals surface area contributed by atoms with Crippen molar-refractivity contribution in [2.24, 2.45) is 0 Å². The van der Waals surface area contributed by atoms with E-state index >= 15 is 0 Å². The highest BCUT2D eigenvalue weighted by molar-refractivity contribution is 7.89. The maximum atomic E-state index is 12.3. The normalized spacial score (nSPS) is 12.8. The summed E-state index contributed by atoms with van der Waals surface area (Å²) in [6.07, 6.45) is 1.64. The molecular weight excluding hydrogens is 334 g/mol. The first-order valence-electron chi connectivity index (χ1n) is 7.03. The molecule has 2 aromatic rings. The Bertz CT molecular complexity index is 755. The molecule has 6 heteroatoms. The predicted molar refractivity (Wildman–Crippen MR) is 91.6 cm³/mol. The van der Waals surface area contributed by atoms with E-state index in [0.29, 0.717) is 11.4 Å². The number of aryl methyl sites for hydroxylation is 1. The molecule has 1 atom stereocenters. The summed E-state index contributed by atoms with van der Waals surface area (Å²) >= 11 is 5.86. The van der Waals surface area contributed by atoms with Crippen LogP contribution in [0.5, 0.6) is 0 Å². The Morgan fingerprint density at radius 2 is 1.78 bits per heavy atom. The van der Waals surface area contributed by atoms with E-state index in [1.807, 2.05) is 6.92 Å². The highest BCUT2D eigenvalue weighted by atomic mass is 35.5. The van der Waals surface area contributed by atoms with Crippen LogP contribution >= 0.6 is 11.6 Å². The number of hydrogen-bond donors (Lipinski definition) is 1. The molecule has 0 aliphatic heterocycles. The number of hydrogen-bond acceptors (Lipinski definition) is 3. The van der Waals surface area contributed by atoms with E-state index in [2.05, 4.69) is 11.5 Å². The molecule has 0 spiro atoms. The highest BCUT2D eigenvalue weighted by Crippen LogP contribution is 2.23. The lowest BCUT2D eigenvalue weighted by Crippen LogP contribution is -2.26. The van der Waals surface area contributed by atoms with Gasteiger partial charge in [-0.3, -0.25) is 4.84 Å². The van der Waals surface area contributed by atoms with Gasteiger partial charge in [-0.1, -0.05) is 52.4 Å². The third-order valence-corrected chi connectivity index (χ3v) is 4.71. The topological polar surface area (TPSA) is 55.4 Å². The van der Waals surface area contributed by atoms with Gasteiger partial charge in [-0.15, -0.1) is 6.58 Å². The summed E-state index contributed by atoms with van der Waals surface area (Å²) in [5.41, 5.74) is 1.79. The fraction of sp³-hybridized carbons (Fsp3) is 0.176. The van der Waals surface area contributed by atoms with Crippen molar-refractivity contribution in [1.29, 1.82) is 0 Å². The minimum Gasteiger partial charge on any atom is -0.278 e. The van der Waals surface area contributed by atoms with Gasteiger partial charge in [0.25, 0.3) is 10.0 Å².